The lowest BCUT2D eigenvalue weighted by molar-refractivity contribution is -0.746. The molecule has 1 fully saturated rings. The molecule has 2 aromatic heterocycles. The highest BCUT2D eigenvalue weighted by molar-refractivity contribution is 7.30. The van der Waals surface area contributed by atoms with E-state index in [1.165, 1.54) is 0 Å². The molecule has 0 aromatic carbocycles. The zero-order chi connectivity index (χ0) is 22.2. The Morgan fingerprint density at radius 2 is 1.97 bits per heavy atom. The standard InChI is InChI=1S/C17H26N5O7P/c1-8(2)27-12-10(6-26-30(24)25)29-16(13(12)28-9(3)4)22-7-21(5)11-14(22)19-17(18)20-15(11)23/h7-10,12-13,16H,6H2,1-5H3,(H2-,18,19,20,23)/p+1/t10-,12-,13-,16-/m1/s1. The van der Waals surface area contributed by atoms with Crippen molar-refractivity contribution in [1.29, 1.82) is 0 Å². The summed E-state index contributed by atoms with van der Waals surface area (Å²) in [5.41, 5.74) is 5.96. The smallest absolute Gasteiger partial charge is 0.488 e. The second-order valence-corrected chi connectivity index (χ2v) is 8.35. The van der Waals surface area contributed by atoms with Gasteiger partial charge in [-0.2, -0.15) is 0 Å². The van der Waals surface area contributed by atoms with E-state index in [1.54, 1.807) is 22.5 Å². The Bertz CT molecular complexity index is 975. The van der Waals surface area contributed by atoms with E-state index in [1.807, 2.05) is 27.7 Å². The third kappa shape index (κ3) is 4.69. The Morgan fingerprint density at radius 1 is 1.33 bits per heavy atom. The minimum absolute atomic E-state index is 0.0370. The average Bonchev–Trinajstić information content (AvgIpc) is 3.10. The maximum absolute atomic E-state index is 12.4. The first-order valence-corrected chi connectivity index (χ1v) is 10.7. The van der Waals surface area contributed by atoms with Crippen molar-refractivity contribution in [3.8, 4) is 0 Å². The minimum atomic E-state index is -3.05. The van der Waals surface area contributed by atoms with Crippen molar-refractivity contribution in [3.63, 3.8) is 0 Å². The summed E-state index contributed by atoms with van der Waals surface area (Å²) in [7, 11) is -1.35. The first-order valence-electron chi connectivity index (χ1n) is 9.58. The molecule has 0 amide bonds. The van der Waals surface area contributed by atoms with Crippen molar-refractivity contribution in [2.45, 2.75) is 64.4 Å². The number of rotatable bonds is 8. The molecule has 5 atom stereocenters. The van der Waals surface area contributed by atoms with Gasteiger partial charge in [0.1, 0.15) is 24.9 Å². The number of anilines is 1. The van der Waals surface area contributed by atoms with E-state index in [9.17, 15) is 14.3 Å². The van der Waals surface area contributed by atoms with Gasteiger partial charge in [-0.15, -0.1) is 4.52 Å². The molecule has 30 heavy (non-hydrogen) atoms. The summed E-state index contributed by atoms with van der Waals surface area (Å²) in [5.74, 6) is -0.0370. The van der Waals surface area contributed by atoms with Gasteiger partial charge in [0.15, 0.2) is 6.33 Å². The molecule has 1 unspecified atom stereocenters. The third-order valence-electron chi connectivity index (χ3n) is 4.55. The van der Waals surface area contributed by atoms with Gasteiger partial charge in [0.25, 0.3) is 11.5 Å². The summed E-state index contributed by atoms with van der Waals surface area (Å²) in [4.78, 5) is 30.1. The van der Waals surface area contributed by atoms with Crippen molar-refractivity contribution in [2.24, 2.45) is 7.05 Å². The van der Waals surface area contributed by atoms with Crippen LogP contribution in [0.3, 0.4) is 0 Å². The van der Waals surface area contributed by atoms with Crippen LogP contribution in [0.4, 0.5) is 5.95 Å². The van der Waals surface area contributed by atoms with Gasteiger partial charge in [-0.05, 0) is 32.3 Å². The highest BCUT2D eigenvalue weighted by Crippen LogP contribution is 2.34. The van der Waals surface area contributed by atoms with E-state index in [-0.39, 0.29) is 24.8 Å². The summed E-state index contributed by atoms with van der Waals surface area (Å²) in [6, 6.07) is 0. The van der Waals surface area contributed by atoms with Crippen LogP contribution in [-0.4, -0.2) is 51.7 Å². The number of nitrogens with zero attached hydrogens (tertiary/aromatic N) is 3. The number of H-pyrrole nitrogens is 1. The Balaban J connectivity index is 2.08. The lowest BCUT2D eigenvalue weighted by Gasteiger charge is -2.26. The fraction of sp³-hybridized carbons (Fsp3) is 0.706. The third-order valence-corrected chi connectivity index (χ3v) is 4.91. The van der Waals surface area contributed by atoms with Gasteiger partial charge in [0.05, 0.1) is 19.3 Å². The number of aromatic nitrogens is 4. The van der Waals surface area contributed by atoms with Crippen LogP contribution in [0.5, 0.6) is 0 Å². The first kappa shape index (κ1) is 22.7. The predicted molar refractivity (Wildman–Crippen MR) is 103 cm³/mol. The molecule has 0 aliphatic carbocycles. The number of nitrogen functional groups attached to an aromatic ring is 1. The van der Waals surface area contributed by atoms with Gasteiger partial charge in [-0.3, -0.25) is 14.3 Å². The number of nitrogens with two attached hydrogens (primary N) is 1. The Hall–Kier alpha value is -1.95. The van der Waals surface area contributed by atoms with Gasteiger partial charge in [-0.25, -0.2) is 4.57 Å². The molecular formula is C17H27N5O7P+. The van der Waals surface area contributed by atoms with Gasteiger partial charge in [0, 0.05) is 0 Å². The zero-order valence-electron chi connectivity index (χ0n) is 17.5. The van der Waals surface area contributed by atoms with Crippen molar-refractivity contribution in [1.82, 2.24) is 14.5 Å². The number of hydrogen-bond donors (Lipinski definition) is 2. The van der Waals surface area contributed by atoms with Crippen LogP contribution in [0, 0.1) is 0 Å². The van der Waals surface area contributed by atoms with Crippen LogP contribution >= 0.6 is 8.25 Å². The first-order chi connectivity index (χ1) is 14.1. The average molecular weight is 444 g/mol. The van der Waals surface area contributed by atoms with E-state index in [0.29, 0.717) is 11.2 Å². The van der Waals surface area contributed by atoms with Crippen LogP contribution in [0.15, 0.2) is 11.1 Å². The summed E-state index contributed by atoms with van der Waals surface area (Å²) in [6.45, 7) is 7.23. The Kier molecular flexibility index (Phi) is 6.85. The molecule has 0 bridgehead atoms. The van der Waals surface area contributed by atoms with Crippen LogP contribution in [-0.2, 0) is 30.3 Å². The van der Waals surface area contributed by atoms with E-state index in [2.05, 4.69) is 9.97 Å². The lowest BCUT2D eigenvalue weighted by Crippen LogP contribution is -2.49. The molecule has 12 nitrogen and oxygen atoms in total. The van der Waals surface area contributed by atoms with Gasteiger partial charge >= 0.3 is 13.9 Å². The molecule has 0 radical (unpaired) electrons. The number of hydrogen-bond acceptors (Lipinski definition) is 9. The number of ether oxygens (including phenoxy) is 3. The molecule has 1 aliphatic rings. The van der Waals surface area contributed by atoms with Crippen molar-refractivity contribution in [3.05, 3.63) is 16.7 Å². The molecular weight excluding hydrogens is 417 g/mol. The quantitative estimate of drug-likeness (QED) is 0.410. The summed E-state index contributed by atoms with van der Waals surface area (Å²) >= 11 is 0. The number of fused-ring (bicyclic) bond motifs is 1. The fourth-order valence-corrected chi connectivity index (χ4v) is 3.86. The normalized spacial score (nSPS) is 25.0. The van der Waals surface area contributed by atoms with E-state index < -0.39 is 38.4 Å². The minimum Gasteiger partial charge on any atom is -0.566 e. The lowest BCUT2D eigenvalue weighted by atomic mass is 10.1. The Morgan fingerprint density at radius 3 is 2.57 bits per heavy atom. The molecule has 0 saturated carbocycles. The summed E-state index contributed by atoms with van der Waals surface area (Å²) in [5, 5.41) is 0. The zero-order valence-corrected chi connectivity index (χ0v) is 18.4. The molecule has 2 aromatic rings. The van der Waals surface area contributed by atoms with Gasteiger partial charge in [0.2, 0.25) is 11.7 Å². The number of aromatic amines is 1. The van der Waals surface area contributed by atoms with Crippen LogP contribution < -0.4 is 20.8 Å². The molecule has 3 N–H and O–H groups in total. The fourth-order valence-electron chi connectivity index (χ4n) is 3.59. The maximum Gasteiger partial charge on any atom is 0.488 e. The molecule has 166 valence electrons. The molecule has 13 heteroatoms. The van der Waals surface area contributed by atoms with Crippen LogP contribution in [0.1, 0.15) is 33.9 Å². The number of aryl methyl sites for hydroxylation is 1. The largest absolute Gasteiger partial charge is 0.566 e. The van der Waals surface area contributed by atoms with Crippen molar-refractivity contribution >= 4 is 25.4 Å². The number of nitrogens with one attached hydrogen (secondary N) is 1. The number of imidazole rings is 1. The molecule has 1 aliphatic heterocycles. The summed E-state index contributed by atoms with van der Waals surface area (Å²) in [6.07, 6.45) is -1.42. The van der Waals surface area contributed by atoms with E-state index in [4.69, 9.17) is 24.5 Å². The van der Waals surface area contributed by atoms with Crippen LogP contribution in [0.25, 0.3) is 11.2 Å². The second-order valence-electron chi connectivity index (χ2n) is 7.64. The monoisotopic (exact) mass is 444 g/mol. The second kappa shape index (κ2) is 9.04. The van der Waals surface area contributed by atoms with E-state index in [0.717, 1.165) is 0 Å². The molecule has 1 saturated heterocycles. The van der Waals surface area contributed by atoms with Gasteiger partial charge in [-0.1, -0.05) is 4.98 Å². The highest BCUT2D eigenvalue weighted by atomic mass is 31.1. The van der Waals surface area contributed by atoms with E-state index >= 15 is 0 Å². The summed E-state index contributed by atoms with van der Waals surface area (Å²) < 4.78 is 37.3. The van der Waals surface area contributed by atoms with Gasteiger partial charge < -0.3 is 24.8 Å². The Labute approximate surface area is 173 Å². The highest BCUT2D eigenvalue weighted by Gasteiger charge is 2.51. The predicted octanol–water partition coefficient (Wildman–Crippen LogP) is -0.350. The molecule has 3 rings (SSSR count). The van der Waals surface area contributed by atoms with Crippen LogP contribution in [0.2, 0.25) is 0 Å². The maximum atomic E-state index is 12.4. The molecule has 3 heterocycles. The van der Waals surface area contributed by atoms with Crippen molar-refractivity contribution in [2.75, 3.05) is 12.3 Å². The SMILES string of the molecule is CC(C)O[C@@H]1[C@H](OC(C)C)[C@@H](CO[P+](=O)[O-])O[C@H]1[n+]1cn(C)c2c(=O)[nH]c(N)nc21. The topological polar surface area (TPSA) is 158 Å². The van der Waals surface area contributed by atoms with Crippen molar-refractivity contribution < 1.29 is 32.8 Å². The molecule has 0 spiro atoms.